The van der Waals surface area contributed by atoms with Gasteiger partial charge in [0.05, 0.1) is 22.8 Å². The van der Waals surface area contributed by atoms with E-state index in [1.807, 2.05) is 17.1 Å². The van der Waals surface area contributed by atoms with Crippen molar-refractivity contribution in [1.29, 1.82) is 0 Å². The average Bonchev–Trinajstić information content (AvgIpc) is 3.29. The zero-order valence-corrected chi connectivity index (χ0v) is 35.7. The van der Waals surface area contributed by atoms with Crippen LogP contribution in [0.25, 0.3) is 0 Å². The van der Waals surface area contributed by atoms with Crippen LogP contribution in [0.15, 0.2) is 103 Å². The molecular formula is C47H50ClFN10O4. The number of halogens is 2. The van der Waals surface area contributed by atoms with E-state index < -0.39 is 5.82 Å². The minimum absolute atomic E-state index is 0.0534. The summed E-state index contributed by atoms with van der Waals surface area (Å²) in [7, 11) is 0. The van der Waals surface area contributed by atoms with Crippen molar-refractivity contribution in [2.45, 2.75) is 38.5 Å². The zero-order valence-electron chi connectivity index (χ0n) is 35.0. The standard InChI is InChI=1S/C47H50ClFN10O4/c1-30(29-57-24-26-58(27-25-57)37-16-10-32(11-17-37)38-18-19-42(60)54-46(38)63)31-20-22-59(23-21-31)56-45(62)34-8-14-36(15-9-34)52-47-50-28-40(49)43(55-47)51-35-12-6-33(7-13-35)44(61)53-41-5-3-2-4-39(41)48/h2-17,28,30-31,38H,18-27,29H2,1H3,(H,53,61)(H,56,62)(H,54,60,63)(H2,50,51,52,55). The van der Waals surface area contributed by atoms with E-state index in [-0.39, 0.29) is 41.3 Å². The van der Waals surface area contributed by atoms with E-state index in [4.69, 9.17) is 11.6 Å². The third-order valence-corrected chi connectivity index (χ3v) is 12.4. The Morgan fingerprint density at radius 1 is 0.810 bits per heavy atom. The molecule has 3 aliphatic rings. The van der Waals surface area contributed by atoms with E-state index in [2.05, 4.69) is 65.5 Å². The molecule has 16 heteroatoms. The van der Waals surface area contributed by atoms with Crippen molar-refractivity contribution in [3.63, 3.8) is 0 Å². The van der Waals surface area contributed by atoms with Gasteiger partial charge in [-0.05, 0) is 109 Å². The van der Waals surface area contributed by atoms with Crippen molar-refractivity contribution in [2.75, 3.05) is 66.7 Å². The largest absolute Gasteiger partial charge is 0.369 e. The molecule has 3 aliphatic heterocycles. The summed E-state index contributed by atoms with van der Waals surface area (Å²) in [5.41, 5.74) is 7.72. The molecule has 3 fully saturated rings. The van der Waals surface area contributed by atoms with Gasteiger partial charge in [0.1, 0.15) is 0 Å². The van der Waals surface area contributed by atoms with Crippen LogP contribution in [0, 0.1) is 17.7 Å². The maximum atomic E-state index is 14.7. The molecule has 4 heterocycles. The Morgan fingerprint density at radius 2 is 1.46 bits per heavy atom. The van der Waals surface area contributed by atoms with Crippen LogP contribution in [0.1, 0.15) is 64.8 Å². The van der Waals surface area contributed by atoms with Gasteiger partial charge >= 0.3 is 0 Å². The summed E-state index contributed by atoms with van der Waals surface area (Å²) < 4.78 is 14.7. The van der Waals surface area contributed by atoms with Gasteiger partial charge in [0.2, 0.25) is 17.8 Å². The Morgan fingerprint density at radius 3 is 2.13 bits per heavy atom. The third kappa shape index (κ3) is 11.0. The van der Waals surface area contributed by atoms with Crippen LogP contribution in [-0.2, 0) is 9.59 Å². The van der Waals surface area contributed by atoms with Crippen molar-refractivity contribution in [3.05, 3.63) is 131 Å². The van der Waals surface area contributed by atoms with Crippen LogP contribution in [0.4, 0.5) is 38.9 Å². The molecule has 2 unspecified atom stereocenters. The van der Waals surface area contributed by atoms with Crippen molar-refractivity contribution >= 4 is 69.7 Å². The number of piperidine rings is 2. The SMILES string of the molecule is CC(CN1CCN(c2ccc(C3CCC(=O)NC3=O)cc2)CC1)C1CCN(NC(=O)c2ccc(Nc3ncc(F)c(Nc4ccc(C(=O)Nc5ccccc5Cl)cc4)n3)cc2)CC1. The number of hydrazine groups is 1. The molecule has 5 N–H and O–H groups in total. The number of carbonyl (C=O) groups is 4. The fourth-order valence-electron chi connectivity index (χ4n) is 8.41. The summed E-state index contributed by atoms with van der Waals surface area (Å²) in [6, 6.07) is 28.6. The summed E-state index contributed by atoms with van der Waals surface area (Å²) in [6.07, 6.45) is 4.01. The number of imide groups is 1. The predicted molar refractivity (Wildman–Crippen MR) is 242 cm³/mol. The van der Waals surface area contributed by atoms with Gasteiger partial charge in [-0.15, -0.1) is 0 Å². The van der Waals surface area contributed by atoms with Crippen molar-refractivity contribution in [3.8, 4) is 0 Å². The van der Waals surface area contributed by atoms with Crippen LogP contribution < -0.4 is 31.6 Å². The Hall–Kier alpha value is -6.42. The number of carbonyl (C=O) groups excluding carboxylic acids is 4. The molecule has 14 nitrogen and oxygen atoms in total. The number of piperazine rings is 1. The van der Waals surface area contributed by atoms with E-state index in [1.54, 1.807) is 72.8 Å². The lowest BCUT2D eigenvalue weighted by molar-refractivity contribution is -0.134. The highest BCUT2D eigenvalue weighted by Crippen LogP contribution is 2.29. The fourth-order valence-corrected chi connectivity index (χ4v) is 8.59. The first-order valence-corrected chi connectivity index (χ1v) is 21.7. The summed E-state index contributed by atoms with van der Waals surface area (Å²) in [6.45, 7) is 8.81. The zero-order chi connectivity index (χ0) is 43.9. The molecule has 63 heavy (non-hydrogen) atoms. The summed E-state index contributed by atoms with van der Waals surface area (Å²) >= 11 is 6.16. The van der Waals surface area contributed by atoms with Crippen LogP contribution in [0.3, 0.4) is 0 Å². The van der Waals surface area contributed by atoms with Crippen molar-refractivity contribution in [1.82, 2.24) is 30.6 Å². The highest BCUT2D eigenvalue weighted by molar-refractivity contribution is 6.33. The predicted octanol–water partition coefficient (Wildman–Crippen LogP) is 7.34. The van der Waals surface area contributed by atoms with Gasteiger partial charge in [-0.2, -0.15) is 4.98 Å². The molecule has 3 saturated heterocycles. The molecular weight excluding hydrogens is 823 g/mol. The molecule has 0 saturated carbocycles. The fraction of sp³-hybridized carbons (Fsp3) is 0.319. The third-order valence-electron chi connectivity index (χ3n) is 12.1. The number of nitrogens with one attached hydrogen (secondary N) is 5. The van der Waals surface area contributed by atoms with Crippen LogP contribution in [-0.4, -0.2) is 89.3 Å². The molecule has 0 bridgehead atoms. The number of anilines is 6. The first-order chi connectivity index (χ1) is 30.5. The lowest BCUT2D eigenvalue weighted by atomic mass is 9.85. The number of aromatic nitrogens is 2. The number of nitrogens with zero attached hydrogens (tertiary/aromatic N) is 5. The van der Waals surface area contributed by atoms with Crippen molar-refractivity contribution in [2.24, 2.45) is 11.8 Å². The van der Waals surface area contributed by atoms with Gasteiger partial charge < -0.3 is 20.9 Å². The van der Waals surface area contributed by atoms with E-state index in [9.17, 15) is 23.6 Å². The number of benzene rings is 4. The Bertz CT molecular complexity index is 2420. The van der Waals surface area contributed by atoms with E-state index >= 15 is 0 Å². The number of hydrogen-bond acceptors (Lipinski definition) is 11. The minimum atomic E-state index is -0.657. The lowest BCUT2D eigenvalue weighted by Gasteiger charge is -2.40. The van der Waals surface area contributed by atoms with Gasteiger partial charge in [-0.25, -0.2) is 14.4 Å². The first-order valence-electron chi connectivity index (χ1n) is 21.3. The second-order valence-electron chi connectivity index (χ2n) is 16.4. The Balaban J connectivity index is 0.751. The number of para-hydroxylation sites is 1. The second kappa shape index (κ2) is 19.7. The Kier molecular flexibility index (Phi) is 13.5. The average molecular weight is 873 g/mol. The van der Waals surface area contributed by atoms with E-state index in [0.717, 1.165) is 76.1 Å². The molecule has 0 aliphatic carbocycles. The topological polar surface area (TPSA) is 164 Å². The maximum absolute atomic E-state index is 14.7. The summed E-state index contributed by atoms with van der Waals surface area (Å²) in [5.74, 6) is -0.637. The summed E-state index contributed by atoms with van der Waals surface area (Å²) in [5, 5.41) is 13.7. The number of amides is 4. The molecule has 8 rings (SSSR count). The maximum Gasteiger partial charge on any atom is 0.265 e. The molecule has 4 aromatic carbocycles. The molecule has 2 atom stereocenters. The van der Waals surface area contributed by atoms with Gasteiger partial charge in [0.25, 0.3) is 11.8 Å². The van der Waals surface area contributed by atoms with Gasteiger partial charge in [0, 0.05) is 80.4 Å². The highest BCUT2D eigenvalue weighted by atomic mass is 35.5. The minimum Gasteiger partial charge on any atom is -0.369 e. The smallest absolute Gasteiger partial charge is 0.265 e. The van der Waals surface area contributed by atoms with Gasteiger partial charge in [-0.3, -0.25) is 34.8 Å². The van der Waals surface area contributed by atoms with Gasteiger partial charge in [0.15, 0.2) is 11.6 Å². The molecule has 326 valence electrons. The summed E-state index contributed by atoms with van der Waals surface area (Å²) in [4.78, 5) is 63.0. The molecule has 1 aromatic heterocycles. The normalized spacial score (nSPS) is 18.0. The lowest BCUT2D eigenvalue weighted by Crippen LogP contribution is -2.50. The quantitative estimate of drug-likeness (QED) is 0.0753. The van der Waals surface area contributed by atoms with Crippen LogP contribution in [0.2, 0.25) is 5.02 Å². The van der Waals surface area contributed by atoms with Crippen LogP contribution in [0.5, 0.6) is 0 Å². The number of rotatable bonds is 13. The molecule has 4 amide bonds. The Labute approximate surface area is 370 Å². The van der Waals surface area contributed by atoms with Crippen molar-refractivity contribution < 1.29 is 23.6 Å². The highest BCUT2D eigenvalue weighted by Gasteiger charge is 2.30. The van der Waals surface area contributed by atoms with E-state index in [1.165, 1.54) is 0 Å². The molecule has 0 spiro atoms. The molecule has 5 aromatic rings. The van der Waals surface area contributed by atoms with Crippen LogP contribution >= 0.6 is 11.6 Å². The van der Waals surface area contributed by atoms with E-state index in [0.29, 0.717) is 57.9 Å². The first kappa shape index (κ1) is 43.2. The van der Waals surface area contributed by atoms with Gasteiger partial charge in [-0.1, -0.05) is 42.8 Å². The second-order valence-corrected chi connectivity index (χ2v) is 16.8. The molecule has 0 radical (unpaired) electrons. The monoisotopic (exact) mass is 872 g/mol. The number of hydrogen-bond donors (Lipinski definition) is 5.